The quantitative estimate of drug-likeness (QED) is 0.149. The SMILES string of the molecule is Brc1ccc2c(c1)c1cc(Br)ccc1n2-c1ccccc1.OB(O)c1ccc2c3ccccc3n(-c3ccccc3)c2c1.c1ccc(-n2c3ccc(-c4ccc5c6ccccc6n(-c6ccccc6)c5c4)cc3c3cc(-c4ccc5c6ccccc6n(-c6ccccc6)c5c4)ccc32)cc1. The number of para-hydroxylation sites is 8. The van der Waals surface area contributed by atoms with Crippen molar-refractivity contribution in [3.05, 3.63) is 361 Å². The Morgan fingerprint density at radius 2 is 0.430 bits per heavy atom. The Morgan fingerprint density at radius 1 is 0.190 bits per heavy atom. The van der Waals surface area contributed by atoms with E-state index in [2.05, 4.69) is 340 Å². The van der Waals surface area contributed by atoms with Gasteiger partial charge in [0.05, 0.1) is 55.2 Å². The highest BCUT2D eigenvalue weighted by atomic mass is 79.9. The van der Waals surface area contributed by atoms with Crippen LogP contribution in [0.15, 0.2) is 361 Å². The number of halogens is 2. The second-order valence-corrected chi connectivity index (χ2v) is 27.1. The van der Waals surface area contributed by atoms with E-state index in [1.54, 1.807) is 6.07 Å². The molecule has 100 heavy (non-hydrogen) atoms. The van der Waals surface area contributed by atoms with Crippen molar-refractivity contribution in [3.63, 3.8) is 0 Å². The Morgan fingerprint density at radius 3 is 0.770 bits per heavy atom. The molecule has 0 radical (unpaired) electrons. The minimum absolute atomic E-state index is 0.493. The first-order chi connectivity index (χ1) is 49.3. The molecule has 0 aliphatic rings. The van der Waals surface area contributed by atoms with E-state index in [1.807, 2.05) is 60.7 Å². The van der Waals surface area contributed by atoms with E-state index in [4.69, 9.17) is 0 Å². The van der Waals surface area contributed by atoms with Crippen LogP contribution < -0.4 is 5.46 Å². The third kappa shape index (κ3) is 10.5. The number of hydrogen-bond acceptors (Lipinski definition) is 2. The van der Waals surface area contributed by atoms with Crippen LogP contribution in [0.3, 0.4) is 0 Å². The van der Waals surface area contributed by atoms with Crippen molar-refractivity contribution in [3.8, 4) is 50.7 Å². The molecule has 474 valence electrons. The van der Waals surface area contributed by atoms with Crippen molar-refractivity contribution in [1.29, 1.82) is 0 Å². The summed E-state index contributed by atoms with van der Waals surface area (Å²) < 4.78 is 13.9. The second kappa shape index (κ2) is 25.3. The monoisotopic (exact) mass is 1410 g/mol. The van der Waals surface area contributed by atoms with Crippen molar-refractivity contribution in [2.75, 3.05) is 0 Å². The molecule has 0 saturated heterocycles. The van der Waals surface area contributed by atoms with E-state index in [1.165, 1.54) is 115 Å². The summed E-state index contributed by atoms with van der Waals surface area (Å²) >= 11 is 7.16. The molecule has 0 bridgehead atoms. The topological polar surface area (TPSA) is 65.1 Å². The van der Waals surface area contributed by atoms with E-state index in [-0.39, 0.29) is 0 Å². The molecule has 20 aromatic rings. The summed E-state index contributed by atoms with van der Waals surface area (Å²) in [6.07, 6.45) is 0. The molecule has 20 rings (SSSR count). The summed E-state index contributed by atoms with van der Waals surface area (Å²) in [6.45, 7) is 0. The predicted octanol–water partition coefficient (Wildman–Crippen LogP) is 23.1. The second-order valence-electron chi connectivity index (χ2n) is 25.3. The van der Waals surface area contributed by atoms with Gasteiger partial charge in [-0.15, -0.1) is 0 Å². The van der Waals surface area contributed by atoms with Crippen LogP contribution in [0.5, 0.6) is 0 Å². The van der Waals surface area contributed by atoms with Gasteiger partial charge in [-0.1, -0.05) is 226 Å². The van der Waals surface area contributed by atoms with E-state index in [9.17, 15) is 10.0 Å². The molecule has 5 heterocycles. The zero-order valence-electron chi connectivity index (χ0n) is 54.0. The minimum atomic E-state index is -1.47. The normalized spacial score (nSPS) is 11.6. The van der Waals surface area contributed by atoms with Crippen LogP contribution in [0.2, 0.25) is 0 Å². The average Bonchev–Trinajstić information content (AvgIpc) is 1.58. The number of benzene rings is 15. The van der Waals surface area contributed by atoms with Crippen LogP contribution in [0.25, 0.3) is 160 Å². The van der Waals surface area contributed by atoms with Crippen LogP contribution in [-0.4, -0.2) is 40.0 Å². The Kier molecular flexibility index (Phi) is 15.3. The molecule has 7 nitrogen and oxygen atoms in total. The molecule has 0 atom stereocenters. The van der Waals surface area contributed by atoms with Gasteiger partial charge < -0.3 is 32.9 Å². The van der Waals surface area contributed by atoms with Crippen LogP contribution in [0, 0.1) is 0 Å². The van der Waals surface area contributed by atoms with Crippen molar-refractivity contribution in [1.82, 2.24) is 22.8 Å². The van der Waals surface area contributed by atoms with E-state index in [0.29, 0.717) is 5.46 Å². The lowest BCUT2D eigenvalue weighted by Crippen LogP contribution is -2.29. The number of fused-ring (bicyclic) bond motifs is 15. The number of rotatable bonds is 8. The maximum absolute atomic E-state index is 9.47. The van der Waals surface area contributed by atoms with Gasteiger partial charge in [-0.25, -0.2) is 0 Å². The molecule has 0 fully saturated rings. The molecular formula is C90H60BBr2N5O2. The Labute approximate surface area is 593 Å². The van der Waals surface area contributed by atoms with Crippen molar-refractivity contribution < 1.29 is 10.0 Å². The maximum atomic E-state index is 9.47. The summed E-state index contributed by atoms with van der Waals surface area (Å²) in [5, 5.41) is 31.2. The third-order valence-corrected chi connectivity index (χ3v) is 20.5. The largest absolute Gasteiger partial charge is 0.488 e. The van der Waals surface area contributed by atoms with Crippen LogP contribution in [0.4, 0.5) is 0 Å². The highest BCUT2D eigenvalue weighted by molar-refractivity contribution is 9.10. The highest BCUT2D eigenvalue weighted by Crippen LogP contribution is 2.42. The van der Waals surface area contributed by atoms with Crippen LogP contribution >= 0.6 is 31.9 Å². The van der Waals surface area contributed by atoms with Gasteiger partial charge in [-0.3, -0.25) is 0 Å². The average molecular weight is 1410 g/mol. The van der Waals surface area contributed by atoms with Crippen molar-refractivity contribution in [2.45, 2.75) is 0 Å². The fraction of sp³-hybridized carbons (Fsp3) is 0. The van der Waals surface area contributed by atoms with Gasteiger partial charge in [0.15, 0.2) is 0 Å². The lowest BCUT2D eigenvalue weighted by atomic mass is 9.80. The van der Waals surface area contributed by atoms with E-state index in [0.717, 1.165) is 53.5 Å². The molecule has 0 amide bonds. The summed E-state index contributed by atoms with van der Waals surface area (Å²) in [5.41, 5.74) is 22.7. The predicted molar refractivity (Wildman–Crippen MR) is 427 cm³/mol. The minimum Gasteiger partial charge on any atom is -0.423 e. The van der Waals surface area contributed by atoms with Gasteiger partial charge in [0, 0.05) is 91.2 Å². The highest BCUT2D eigenvalue weighted by Gasteiger charge is 2.21. The van der Waals surface area contributed by atoms with Crippen LogP contribution in [0.1, 0.15) is 0 Å². The van der Waals surface area contributed by atoms with Crippen molar-refractivity contribution in [2.24, 2.45) is 0 Å². The van der Waals surface area contributed by atoms with Gasteiger partial charge in [-0.2, -0.15) is 0 Å². The lowest BCUT2D eigenvalue weighted by Gasteiger charge is -2.10. The molecule has 10 heteroatoms. The Hall–Kier alpha value is -11.8. The van der Waals surface area contributed by atoms with Crippen molar-refractivity contribution >= 4 is 153 Å². The number of aromatic nitrogens is 5. The fourth-order valence-electron chi connectivity index (χ4n) is 15.1. The third-order valence-electron chi connectivity index (χ3n) is 19.5. The smallest absolute Gasteiger partial charge is 0.423 e. The first kappa shape index (κ1) is 60.6. The van der Waals surface area contributed by atoms with E-state index < -0.39 is 7.12 Å². The molecular weight excluding hydrogens is 1350 g/mol. The molecule has 0 aliphatic heterocycles. The van der Waals surface area contributed by atoms with E-state index >= 15 is 0 Å². The van der Waals surface area contributed by atoms with Gasteiger partial charge in [0.25, 0.3) is 0 Å². The molecule has 2 N–H and O–H groups in total. The van der Waals surface area contributed by atoms with Gasteiger partial charge in [0.1, 0.15) is 0 Å². The first-order valence-corrected chi connectivity index (χ1v) is 35.1. The zero-order chi connectivity index (χ0) is 67.0. The molecule has 0 aliphatic carbocycles. The summed E-state index contributed by atoms with van der Waals surface area (Å²) in [7, 11) is -1.47. The summed E-state index contributed by atoms with van der Waals surface area (Å²) in [5.74, 6) is 0. The maximum Gasteiger partial charge on any atom is 0.488 e. The molecule has 5 aromatic heterocycles. The van der Waals surface area contributed by atoms with Gasteiger partial charge in [0.2, 0.25) is 0 Å². The van der Waals surface area contributed by atoms with Crippen LogP contribution in [-0.2, 0) is 0 Å². The number of nitrogens with zero attached hydrogens (tertiary/aromatic N) is 5. The fourth-order valence-corrected chi connectivity index (χ4v) is 15.8. The first-order valence-electron chi connectivity index (χ1n) is 33.5. The molecule has 0 unspecified atom stereocenters. The Bertz CT molecular complexity index is 6250. The Balaban J connectivity index is 0.000000136. The molecule has 0 spiro atoms. The lowest BCUT2D eigenvalue weighted by molar-refractivity contribution is 0.426. The number of hydrogen-bond donors (Lipinski definition) is 2. The van der Waals surface area contributed by atoms with Gasteiger partial charge >= 0.3 is 7.12 Å². The standard InChI is InChI=1S/C54H35N3.C18H14BNO2.C18H11Br2N/c1-4-14-40(15-5-1)55-51-30-26-36(38-24-28-45-43-20-10-12-22-49(43)56(53(45)34-38)41-16-6-2-7-17-41)32-47(51)48-33-37(27-31-52(48)55)39-25-29-46-44-21-11-13-23-50(44)57(54(46)35-39)42-18-8-3-9-19-42;21-19(22)13-10-11-16-15-8-4-5-9-17(15)20(18(16)12-13)14-6-2-1-3-7-14;19-12-6-8-17-15(10-12)16-11-13(20)7-9-18(16)21(17)14-4-2-1-3-5-14/h1-35H;1-12,21-22H;1-11H. The van der Waals surface area contributed by atoms with Gasteiger partial charge in [-0.05, 0) is 185 Å². The summed E-state index contributed by atoms with van der Waals surface area (Å²) in [6, 6.07) is 125. The zero-order valence-corrected chi connectivity index (χ0v) is 57.1. The molecule has 15 aromatic carbocycles. The molecule has 0 saturated carbocycles. The summed E-state index contributed by atoms with van der Waals surface area (Å²) in [4.78, 5) is 0.